The van der Waals surface area contributed by atoms with Gasteiger partial charge in [-0.15, -0.1) is 0 Å². The van der Waals surface area contributed by atoms with Crippen LogP contribution in [0.3, 0.4) is 0 Å². The third kappa shape index (κ3) is 4.17. The Hall–Kier alpha value is -1.29. The van der Waals surface area contributed by atoms with Crippen LogP contribution in [0.5, 0.6) is 0 Å². The van der Waals surface area contributed by atoms with Gasteiger partial charge >= 0.3 is 0 Å². The molecule has 1 atom stereocenters. The normalized spacial score (nSPS) is 12.7. The highest BCUT2D eigenvalue weighted by atomic mass is 79.9. The van der Waals surface area contributed by atoms with Crippen molar-refractivity contribution in [3.63, 3.8) is 0 Å². The van der Waals surface area contributed by atoms with E-state index < -0.39 is 12.5 Å². The van der Waals surface area contributed by atoms with Crippen molar-refractivity contribution in [1.82, 2.24) is 24.9 Å². The highest BCUT2D eigenvalue weighted by molar-refractivity contribution is 9.10. The Balaban J connectivity index is 1.98. The fourth-order valence-corrected chi connectivity index (χ4v) is 2.81. The van der Waals surface area contributed by atoms with Crippen LogP contribution in [0.15, 0.2) is 21.3 Å². The molecule has 0 unspecified atom stereocenters. The number of nitrogens with one attached hydrogen (secondary N) is 1. The summed E-state index contributed by atoms with van der Waals surface area (Å²) in [4.78, 5) is 12.2. The second-order valence-corrected chi connectivity index (χ2v) is 6.63. The molecule has 0 aliphatic heterocycles. The van der Waals surface area contributed by atoms with E-state index in [1.807, 2.05) is 0 Å². The van der Waals surface area contributed by atoms with E-state index in [1.165, 1.54) is 4.68 Å². The summed E-state index contributed by atoms with van der Waals surface area (Å²) >= 11 is 6.38. The number of nitrogens with zero attached hydrogens (tertiary/aromatic N) is 4. The average molecular weight is 455 g/mol. The van der Waals surface area contributed by atoms with Crippen LogP contribution in [-0.4, -0.2) is 32.0 Å². The molecule has 2 rings (SSSR count). The van der Waals surface area contributed by atoms with E-state index in [1.54, 1.807) is 30.9 Å². The number of amides is 1. The molecule has 2 aromatic rings. The lowest BCUT2D eigenvalue weighted by atomic mass is 10.3. The van der Waals surface area contributed by atoms with Gasteiger partial charge in [-0.1, -0.05) is 0 Å². The summed E-state index contributed by atoms with van der Waals surface area (Å²) in [6, 6.07) is -0.692. The Labute approximate surface area is 148 Å². The number of alkyl halides is 2. The SMILES string of the molecule is Cc1c(Br)c(C(F)F)nn1[C@H](C)C(=O)NCCn1cc(Br)cn1. The van der Waals surface area contributed by atoms with Crippen LogP contribution in [-0.2, 0) is 11.3 Å². The highest BCUT2D eigenvalue weighted by Crippen LogP contribution is 2.30. The Morgan fingerprint density at radius 2 is 2.13 bits per heavy atom. The van der Waals surface area contributed by atoms with Crippen molar-refractivity contribution in [3.8, 4) is 0 Å². The quantitative estimate of drug-likeness (QED) is 0.728. The maximum Gasteiger partial charge on any atom is 0.283 e. The summed E-state index contributed by atoms with van der Waals surface area (Å²) in [7, 11) is 0. The maximum atomic E-state index is 12.9. The van der Waals surface area contributed by atoms with Crippen molar-refractivity contribution in [3.05, 3.63) is 32.7 Å². The average Bonchev–Trinajstić information content (AvgIpc) is 3.03. The van der Waals surface area contributed by atoms with Gasteiger partial charge in [0.25, 0.3) is 6.43 Å². The summed E-state index contributed by atoms with van der Waals surface area (Å²) in [5.41, 5.74) is 0.127. The summed E-state index contributed by atoms with van der Waals surface area (Å²) in [6.45, 7) is 4.13. The van der Waals surface area contributed by atoms with E-state index in [-0.39, 0.29) is 16.1 Å². The lowest BCUT2D eigenvalue weighted by Crippen LogP contribution is -2.34. The molecule has 0 saturated carbocycles. The van der Waals surface area contributed by atoms with Crippen LogP contribution < -0.4 is 5.32 Å². The van der Waals surface area contributed by atoms with E-state index in [4.69, 9.17) is 0 Å². The molecular weight excluding hydrogens is 440 g/mol. The molecule has 1 amide bonds. The fourth-order valence-electron chi connectivity index (χ4n) is 2.05. The minimum atomic E-state index is -2.70. The van der Waals surface area contributed by atoms with Crippen molar-refractivity contribution in [2.75, 3.05) is 6.54 Å². The molecule has 0 aromatic carbocycles. The van der Waals surface area contributed by atoms with Gasteiger partial charge in [0.05, 0.1) is 27.4 Å². The van der Waals surface area contributed by atoms with E-state index in [2.05, 4.69) is 47.4 Å². The smallest absolute Gasteiger partial charge is 0.283 e. The van der Waals surface area contributed by atoms with E-state index in [0.717, 1.165) is 4.47 Å². The Morgan fingerprint density at radius 3 is 2.65 bits per heavy atom. The van der Waals surface area contributed by atoms with Crippen molar-refractivity contribution in [2.24, 2.45) is 0 Å². The number of hydrogen-bond donors (Lipinski definition) is 1. The first-order valence-electron chi connectivity index (χ1n) is 6.79. The van der Waals surface area contributed by atoms with Gasteiger partial charge in [0, 0.05) is 12.7 Å². The Bertz CT molecular complexity index is 701. The summed E-state index contributed by atoms with van der Waals surface area (Å²) in [5.74, 6) is -0.296. The predicted octanol–water partition coefficient (Wildman–Crippen LogP) is 3.23. The third-order valence-corrected chi connectivity index (χ3v) is 4.69. The predicted molar refractivity (Wildman–Crippen MR) is 87.3 cm³/mol. The van der Waals surface area contributed by atoms with E-state index in [0.29, 0.717) is 18.8 Å². The van der Waals surface area contributed by atoms with Crippen LogP contribution in [0.4, 0.5) is 8.78 Å². The molecule has 0 aliphatic rings. The maximum absolute atomic E-state index is 12.9. The van der Waals surface area contributed by atoms with Crippen molar-refractivity contribution < 1.29 is 13.6 Å². The molecule has 0 fully saturated rings. The van der Waals surface area contributed by atoms with Crippen molar-refractivity contribution >= 4 is 37.8 Å². The lowest BCUT2D eigenvalue weighted by molar-refractivity contribution is -0.124. The van der Waals surface area contributed by atoms with Crippen LogP contribution in [0.25, 0.3) is 0 Å². The van der Waals surface area contributed by atoms with Gasteiger partial charge in [-0.2, -0.15) is 10.2 Å². The van der Waals surface area contributed by atoms with Crippen molar-refractivity contribution in [1.29, 1.82) is 0 Å². The summed E-state index contributed by atoms with van der Waals surface area (Å²) in [6.07, 6.45) is 0.748. The molecule has 23 heavy (non-hydrogen) atoms. The number of aromatic nitrogens is 4. The molecule has 1 N–H and O–H groups in total. The van der Waals surface area contributed by atoms with Gasteiger partial charge in [-0.05, 0) is 45.7 Å². The van der Waals surface area contributed by atoms with Gasteiger partial charge < -0.3 is 5.32 Å². The van der Waals surface area contributed by atoms with Gasteiger partial charge in [-0.25, -0.2) is 8.78 Å². The van der Waals surface area contributed by atoms with Crippen LogP contribution in [0, 0.1) is 6.92 Å². The second-order valence-electron chi connectivity index (χ2n) is 4.92. The Morgan fingerprint density at radius 1 is 1.43 bits per heavy atom. The van der Waals surface area contributed by atoms with Gasteiger partial charge in [0.2, 0.25) is 5.91 Å². The summed E-state index contributed by atoms with van der Waals surface area (Å²) < 4.78 is 29.8. The number of carbonyl (C=O) groups is 1. The van der Waals surface area contributed by atoms with Crippen molar-refractivity contribution in [2.45, 2.75) is 32.9 Å². The monoisotopic (exact) mass is 453 g/mol. The fraction of sp³-hybridized carbons (Fsp3) is 0.462. The Kier molecular flexibility index (Phi) is 5.90. The number of hydrogen-bond acceptors (Lipinski definition) is 3. The summed E-state index contributed by atoms with van der Waals surface area (Å²) in [5, 5.41) is 10.7. The lowest BCUT2D eigenvalue weighted by Gasteiger charge is -2.14. The minimum Gasteiger partial charge on any atom is -0.352 e. The first-order valence-corrected chi connectivity index (χ1v) is 8.38. The standard InChI is InChI=1S/C13H15Br2F2N5O/c1-7-10(15)11(12(16)17)20-22(7)8(2)13(23)18-3-4-21-6-9(14)5-19-21/h5-6,8,12H,3-4H2,1-2H3,(H,18,23)/t8-/m1/s1. The zero-order valence-electron chi connectivity index (χ0n) is 12.4. The van der Waals surface area contributed by atoms with Gasteiger partial charge in [0.15, 0.2) is 0 Å². The highest BCUT2D eigenvalue weighted by Gasteiger charge is 2.25. The van der Waals surface area contributed by atoms with Gasteiger partial charge in [-0.3, -0.25) is 14.2 Å². The van der Waals surface area contributed by atoms with E-state index >= 15 is 0 Å². The zero-order chi connectivity index (χ0) is 17.1. The number of carbonyl (C=O) groups excluding carboxylic acids is 1. The number of rotatable bonds is 6. The third-order valence-electron chi connectivity index (χ3n) is 3.30. The topological polar surface area (TPSA) is 64.7 Å². The van der Waals surface area contributed by atoms with Crippen LogP contribution >= 0.6 is 31.9 Å². The largest absolute Gasteiger partial charge is 0.352 e. The molecule has 0 bridgehead atoms. The van der Waals surface area contributed by atoms with Crippen LogP contribution in [0.2, 0.25) is 0 Å². The second kappa shape index (κ2) is 7.52. The molecular formula is C13H15Br2F2N5O. The molecule has 126 valence electrons. The first-order chi connectivity index (χ1) is 10.8. The molecule has 0 spiro atoms. The van der Waals surface area contributed by atoms with Crippen LogP contribution in [0.1, 0.15) is 30.8 Å². The first kappa shape index (κ1) is 18.1. The molecule has 6 nitrogen and oxygen atoms in total. The molecule has 0 saturated heterocycles. The molecule has 0 radical (unpaired) electrons. The molecule has 10 heteroatoms. The minimum absolute atomic E-state index is 0.230. The van der Waals surface area contributed by atoms with E-state index in [9.17, 15) is 13.6 Å². The molecule has 2 aromatic heterocycles. The number of halogens is 4. The molecule has 0 aliphatic carbocycles. The van der Waals surface area contributed by atoms with Gasteiger partial charge in [0.1, 0.15) is 11.7 Å². The zero-order valence-corrected chi connectivity index (χ0v) is 15.6. The molecule has 2 heterocycles.